The van der Waals surface area contributed by atoms with Gasteiger partial charge in [-0.3, -0.25) is 14.2 Å². The number of hydrogen-bond donors (Lipinski definition) is 0. The lowest BCUT2D eigenvalue weighted by atomic mass is 10.0. The van der Waals surface area contributed by atoms with Crippen LogP contribution in [-0.2, 0) is 32.7 Å². The first-order valence-electron chi connectivity index (χ1n) is 37.8. The van der Waals surface area contributed by atoms with Crippen molar-refractivity contribution in [3.05, 3.63) is 85.1 Å². The van der Waals surface area contributed by atoms with Crippen molar-refractivity contribution < 1.29 is 42.1 Å². The molecule has 0 heterocycles. The van der Waals surface area contributed by atoms with Crippen LogP contribution in [0.3, 0.4) is 0 Å². The molecule has 2 unspecified atom stereocenters. The Morgan fingerprint density at radius 3 is 0.955 bits per heavy atom. The van der Waals surface area contributed by atoms with Crippen LogP contribution >= 0.6 is 7.82 Å². The Kier molecular flexibility index (Phi) is 67.3. The van der Waals surface area contributed by atoms with Crippen molar-refractivity contribution in [2.75, 3.05) is 47.5 Å². The number of allylic oxidation sites excluding steroid dienone is 14. The van der Waals surface area contributed by atoms with E-state index in [1.807, 2.05) is 21.1 Å². The summed E-state index contributed by atoms with van der Waals surface area (Å²) in [5.41, 5.74) is 0. The summed E-state index contributed by atoms with van der Waals surface area (Å²) in [5, 5.41) is 0. The molecule has 0 saturated carbocycles. The highest BCUT2D eigenvalue weighted by Gasteiger charge is 2.22. The van der Waals surface area contributed by atoms with E-state index in [2.05, 4.69) is 98.9 Å². The maximum absolute atomic E-state index is 12.9. The van der Waals surface area contributed by atoms with Crippen LogP contribution in [0, 0.1) is 0 Å². The van der Waals surface area contributed by atoms with Gasteiger partial charge in [0.05, 0.1) is 27.7 Å². The van der Waals surface area contributed by atoms with Gasteiger partial charge in [-0.15, -0.1) is 0 Å². The number of phosphoric ester groups is 1. The molecular weight excluding hydrogens is 1120 g/mol. The first kappa shape index (κ1) is 86.2. The molecule has 0 saturated heterocycles. The molecule has 89 heavy (non-hydrogen) atoms. The number of esters is 2. The highest BCUT2D eigenvalue weighted by Crippen LogP contribution is 2.38. The Balaban J connectivity index is 3.97. The van der Waals surface area contributed by atoms with Crippen LogP contribution in [0.4, 0.5) is 0 Å². The molecule has 0 aliphatic carbocycles. The minimum absolute atomic E-state index is 0.0301. The molecule has 2 atom stereocenters. The molecule has 0 radical (unpaired) electrons. The fraction of sp³-hybridized carbons (Fsp3) is 0.797. The predicted molar refractivity (Wildman–Crippen MR) is 383 cm³/mol. The van der Waals surface area contributed by atoms with Crippen molar-refractivity contribution >= 4 is 19.8 Å². The zero-order chi connectivity index (χ0) is 64.8. The molecule has 518 valence electrons. The highest BCUT2D eigenvalue weighted by atomic mass is 31.2. The van der Waals surface area contributed by atoms with Crippen LogP contribution in [0.2, 0.25) is 0 Å². The second kappa shape index (κ2) is 69.5. The Labute approximate surface area is 551 Å². The number of rotatable bonds is 70. The Morgan fingerprint density at radius 2 is 0.640 bits per heavy atom. The van der Waals surface area contributed by atoms with Gasteiger partial charge < -0.3 is 27.9 Å². The molecule has 0 N–H and O–H groups in total. The Bertz CT molecular complexity index is 1780. The van der Waals surface area contributed by atoms with Crippen molar-refractivity contribution in [1.29, 1.82) is 0 Å². The first-order chi connectivity index (χ1) is 43.5. The van der Waals surface area contributed by atoms with Gasteiger partial charge in [-0.25, -0.2) is 0 Å². The molecule has 0 rings (SSSR count). The van der Waals surface area contributed by atoms with E-state index in [-0.39, 0.29) is 32.0 Å². The maximum Gasteiger partial charge on any atom is 0.306 e. The molecular formula is C79H144NO8P. The monoisotopic (exact) mass is 1270 g/mol. The van der Waals surface area contributed by atoms with E-state index in [1.165, 1.54) is 238 Å². The third kappa shape index (κ3) is 74.1. The SMILES string of the molecule is CC/C=C\C/C=C\C/C=C\C/C=C\C/C=C\C/C=C\C/C=C\CCCCCCCCCCCCCCCCCCCC(=O)OC(COC(=O)CCCCCCCCCCCCCCCCCCCCCCCCCCCC)COP(=O)([O-])OCC[N+](C)(C)C. The summed E-state index contributed by atoms with van der Waals surface area (Å²) in [4.78, 5) is 38.1. The Hall–Kier alpha value is -2.81. The number of unbranched alkanes of at least 4 members (excludes halogenated alkanes) is 42. The highest BCUT2D eigenvalue weighted by molar-refractivity contribution is 7.45. The molecule has 0 amide bonds. The van der Waals surface area contributed by atoms with Gasteiger partial charge in [-0.2, -0.15) is 0 Å². The third-order valence-corrected chi connectivity index (χ3v) is 17.6. The van der Waals surface area contributed by atoms with Crippen LogP contribution < -0.4 is 4.89 Å². The van der Waals surface area contributed by atoms with E-state index in [0.29, 0.717) is 17.4 Å². The quantitative estimate of drug-likeness (QED) is 0.0195. The molecule has 0 spiro atoms. The van der Waals surface area contributed by atoms with Crippen molar-refractivity contribution in [2.24, 2.45) is 0 Å². The van der Waals surface area contributed by atoms with Crippen LogP contribution in [0.5, 0.6) is 0 Å². The lowest BCUT2D eigenvalue weighted by Gasteiger charge is -2.28. The lowest BCUT2D eigenvalue weighted by molar-refractivity contribution is -0.870. The largest absolute Gasteiger partial charge is 0.756 e. The number of phosphoric acid groups is 1. The molecule has 0 aromatic rings. The summed E-state index contributed by atoms with van der Waals surface area (Å²) in [5.74, 6) is -0.815. The summed E-state index contributed by atoms with van der Waals surface area (Å²) in [7, 11) is 1.18. The van der Waals surface area contributed by atoms with Crippen LogP contribution in [-0.4, -0.2) is 70.0 Å². The van der Waals surface area contributed by atoms with Crippen molar-refractivity contribution in [3.63, 3.8) is 0 Å². The van der Waals surface area contributed by atoms with Gasteiger partial charge in [0.15, 0.2) is 6.10 Å². The zero-order valence-corrected chi connectivity index (χ0v) is 60.0. The van der Waals surface area contributed by atoms with Gasteiger partial charge in [0.25, 0.3) is 7.82 Å². The molecule has 0 aromatic heterocycles. The number of nitrogens with zero attached hydrogens (tertiary/aromatic N) is 1. The molecule has 10 heteroatoms. The van der Waals surface area contributed by atoms with Gasteiger partial charge >= 0.3 is 11.9 Å². The summed E-state index contributed by atoms with van der Waals surface area (Å²) >= 11 is 0. The normalized spacial score (nSPS) is 13.6. The number of quaternary nitrogens is 1. The minimum Gasteiger partial charge on any atom is -0.756 e. The summed E-state index contributed by atoms with van der Waals surface area (Å²) in [6.07, 6.45) is 95.4. The van der Waals surface area contributed by atoms with Crippen LogP contribution in [0.15, 0.2) is 85.1 Å². The van der Waals surface area contributed by atoms with Gasteiger partial charge in [0, 0.05) is 12.8 Å². The average molecular weight is 1270 g/mol. The van der Waals surface area contributed by atoms with Gasteiger partial charge in [-0.05, 0) is 70.6 Å². The van der Waals surface area contributed by atoms with Crippen LogP contribution in [0.25, 0.3) is 0 Å². The van der Waals surface area contributed by atoms with E-state index in [9.17, 15) is 19.0 Å². The Morgan fingerprint density at radius 1 is 0.360 bits per heavy atom. The van der Waals surface area contributed by atoms with E-state index in [1.54, 1.807) is 0 Å². The predicted octanol–water partition coefficient (Wildman–Crippen LogP) is 24.3. The molecule has 0 bridgehead atoms. The van der Waals surface area contributed by atoms with E-state index >= 15 is 0 Å². The van der Waals surface area contributed by atoms with Crippen molar-refractivity contribution in [3.8, 4) is 0 Å². The van der Waals surface area contributed by atoms with Crippen LogP contribution in [0.1, 0.15) is 354 Å². The number of carbonyl (C=O) groups is 2. The maximum atomic E-state index is 12.9. The molecule has 0 fully saturated rings. The average Bonchev–Trinajstić information content (AvgIpc) is 3.60. The molecule has 0 aliphatic heterocycles. The fourth-order valence-corrected chi connectivity index (χ4v) is 11.7. The topological polar surface area (TPSA) is 111 Å². The van der Waals surface area contributed by atoms with E-state index in [0.717, 1.165) is 83.5 Å². The van der Waals surface area contributed by atoms with Crippen molar-refractivity contribution in [1.82, 2.24) is 0 Å². The number of hydrogen-bond acceptors (Lipinski definition) is 8. The van der Waals surface area contributed by atoms with E-state index in [4.69, 9.17) is 18.5 Å². The van der Waals surface area contributed by atoms with Crippen molar-refractivity contribution in [2.45, 2.75) is 360 Å². The molecule has 0 aliphatic rings. The minimum atomic E-state index is -4.64. The second-order valence-electron chi connectivity index (χ2n) is 26.6. The van der Waals surface area contributed by atoms with Gasteiger partial charge in [0.2, 0.25) is 0 Å². The smallest absolute Gasteiger partial charge is 0.306 e. The summed E-state index contributed by atoms with van der Waals surface area (Å²) in [6.45, 7) is 4.19. The molecule has 9 nitrogen and oxygen atoms in total. The van der Waals surface area contributed by atoms with E-state index < -0.39 is 26.5 Å². The standard InChI is InChI=1S/C79H144NO8P/c1-6-8-10-12-14-16-18-20-22-24-26-28-30-32-34-35-36-37-38-39-40-41-42-43-44-45-46-48-50-52-54-56-58-60-62-64-66-68-70-72-79(82)88-77(76-87-89(83,84)86-74-73-80(3,4)5)75-85-78(81)71-69-67-65-63-61-59-57-55-53-51-49-47-33-31-29-27-25-23-21-19-17-15-13-11-9-7-2/h8,10,14,16,20,22,26,28,32,34,36-37,39-40,77H,6-7,9,11-13,15,17-19,21,23-25,27,29-31,33,35,38,41-76H2,1-5H3/b10-8-,16-14-,22-20-,28-26-,34-32-,37-36-,40-39-. The fourth-order valence-electron chi connectivity index (χ4n) is 10.9. The number of carbonyl (C=O) groups excluding carboxylic acids is 2. The molecule has 0 aromatic carbocycles. The number of ether oxygens (including phenoxy) is 2. The zero-order valence-electron chi connectivity index (χ0n) is 59.1. The van der Waals surface area contributed by atoms with Gasteiger partial charge in [-0.1, -0.05) is 356 Å². The lowest BCUT2D eigenvalue weighted by Crippen LogP contribution is -2.37. The van der Waals surface area contributed by atoms with Gasteiger partial charge in [0.1, 0.15) is 19.8 Å². The number of likely N-dealkylation sites (N-methyl/N-ethyl adjacent to an activating group) is 1. The first-order valence-corrected chi connectivity index (χ1v) is 39.3. The summed E-state index contributed by atoms with van der Waals surface area (Å²) < 4.78 is 34.4. The second-order valence-corrected chi connectivity index (χ2v) is 28.1. The summed E-state index contributed by atoms with van der Waals surface area (Å²) in [6, 6.07) is 0. The third-order valence-electron chi connectivity index (χ3n) is 16.7.